The number of fused-ring (bicyclic) bond motifs is 2. The summed E-state index contributed by atoms with van der Waals surface area (Å²) in [5, 5.41) is 2.84. The molecule has 1 unspecified atom stereocenters. The molecular formula is C39H47ClFN5O3Si. The topological polar surface area (TPSA) is 72.8 Å². The lowest BCUT2D eigenvalue weighted by Gasteiger charge is -2.48. The highest BCUT2D eigenvalue weighted by atomic mass is 35.5. The first kappa shape index (κ1) is 34.0. The second-order valence-electron chi connectivity index (χ2n) is 15.7. The Bertz CT molecular complexity index is 1800. The Balaban J connectivity index is 1.05. The Kier molecular flexibility index (Phi) is 8.91. The molecule has 0 amide bonds. The van der Waals surface area contributed by atoms with E-state index in [0.717, 1.165) is 64.6 Å². The highest BCUT2D eigenvalue weighted by molar-refractivity contribution is 6.99. The summed E-state index contributed by atoms with van der Waals surface area (Å²) in [5.41, 5.74) is -0.169. The molecule has 4 aliphatic rings. The molecule has 4 aromatic rings. The van der Waals surface area contributed by atoms with Crippen LogP contribution in [0.25, 0.3) is 10.9 Å². The lowest BCUT2D eigenvalue weighted by atomic mass is 9.86. The van der Waals surface area contributed by atoms with E-state index in [1.165, 1.54) is 10.4 Å². The Morgan fingerprint density at radius 2 is 1.66 bits per heavy atom. The number of piperidine rings is 1. The van der Waals surface area contributed by atoms with Crippen LogP contribution in [-0.4, -0.2) is 84.8 Å². The molecule has 4 saturated heterocycles. The highest BCUT2D eigenvalue weighted by Gasteiger charge is 2.54. The van der Waals surface area contributed by atoms with Crippen LogP contribution < -0.4 is 20.0 Å². The molecule has 0 saturated carbocycles. The molecule has 11 heteroatoms. The van der Waals surface area contributed by atoms with Crippen LogP contribution in [0.3, 0.4) is 0 Å². The lowest BCUT2D eigenvalue weighted by molar-refractivity contribution is -0.151. The number of halogens is 2. The molecule has 0 bridgehead atoms. The first-order valence-corrected chi connectivity index (χ1v) is 20.5. The van der Waals surface area contributed by atoms with Gasteiger partial charge >= 0.3 is 6.01 Å². The van der Waals surface area contributed by atoms with E-state index in [1.807, 2.05) is 0 Å². The van der Waals surface area contributed by atoms with Gasteiger partial charge in [0.2, 0.25) is 0 Å². The van der Waals surface area contributed by atoms with Gasteiger partial charge in [-0.1, -0.05) is 93.0 Å². The van der Waals surface area contributed by atoms with Crippen molar-refractivity contribution in [1.29, 1.82) is 0 Å². The Morgan fingerprint density at radius 1 is 0.960 bits per heavy atom. The van der Waals surface area contributed by atoms with Crippen molar-refractivity contribution < 1.29 is 18.3 Å². The van der Waals surface area contributed by atoms with Crippen LogP contribution in [0.15, 0.2) is 66.9 Å². The maximum absolute atomic E-state index is 15.5. The van der Waals surface area contributed by atoms with Gasteiger partial charge in [-0.2, -0.15) is 9.97 Å². The van der Waals surface area contributed by atoms with Crippen molar-refractivity contribution in [3.63, 3.8) is 0 Å². The molecule has 0 N–H and O–H groups in total. The molecule has 264 valence electrons. The minimum atomic E-state index is -2.67. The van der Waals surface area contributed by atoms with Gasteiger partial charge < -0.3 is 18.8 Å². The quantitative estimate of drug-likeness (QED) is 0.143. The van der Waals surface area contributed by atoms with E-state index in [4.69, 9.17) is 30.5 Å². The van der Waals surface area contributed by atoms with E-state index in [0.29, 0.717) is 31.0 Å². The fourth-order valence-electron chi connectivity index (χ4n) is 9.27. The Hall–Kier alpha value is -3.15. The summed E-state index contributed by atoms with van der Waals surface area (Å²) < 4.78 is 35.4. The molecule has 2 aromatic heterocycles. The Labute approximate surface area is 300 Å². The van der Waals surface area contributed by atoms with Crippen LogP contribution in [0.4, 0.5) is 10.2 Å². The second-order valence-corrected chi connectivity index (χ2v) is 20.4. The SMILES string of the molecule is CC(C)(C)[Si](OC[C@@H]1CC[C@]2(COc3nc(N4CCCC5(CCO5)C4)c4cnc(Cl)c(F)c4n3)CCCN12)(c1ccccc1)c1ccccc1. The number of nitrogens with zero attached hydrogens (tertiary/aromatic N) is 5. The number of aromatic nitrogens is 3. The molecule has 2 aromatic carbocycles. The zero-order valence-electron chi connectivity index (χ0n) is 29.3. The molecule has 8 rings (SSSR count). The fourth-order valence-corrected chi connectivity index (χ4v) is 14.0. The van der Waals surface area contributed by atoms with E-state index in [9.17, 15) is 0 Å². The molecule has 6 heterocycles. The maximum atomic E-state index is 15.5. The lowest BCUT2D eigenvalue weighted by Crippen LogP contribution is -2.67. The largest absolute Gasteiger partial charge is 0.461 e. The van der Waals surface area contributed by atoms with Crippen LogP contribution in [0, 0.1) is 5.82 Å². The Morgan fingerprint density at radius 3 is 2.32 bits per heavy atom. The van der Waals surface area contributed by atoms with E-state index in [-0.39, 0.29) is 38.9 Å². The molecule has 0 radical (unpaired) electrons. The zero-order chi connectivity index (χ0) is 34.6. The number of benzene rings is 2. The summed E-state index contributed by atoms with van der Waals surface area (Å²) in [5.74, 6) is -0.0160. The van der Waals surface area contributed by atoms with Gasteiger partial charge in [-0.3, -0.25) is 4.90 Å². The van der Waals surface area contributed by atoms with Gasteiger partial charge in [0.25, 0.3) is 8.32 Å². The van der Waals surface area contributed by atoms with E-state index in [2.05, 4.69) is 101 Å². The predicted octanol–water partition coefficient (Wildman–Crippen LogP) is 6.53. The monoisotopic (exact) mass is 715 g/mol. The first-order valence-electron chi connectivity index (χ1n) is 18.2. The second kappa shape index (κ2) is 13.1. The molecule has 1 spiro atoms. The third-order valence-electron chi connectivity index (χ3n) is 11.8. The van der Waals surface area contributed by atoms with Gasteiger partial charge in [-0.05, 0) is 60.5 Å². The van der Waals surface area contributed by atoms with Gasteiger partial charge in [0.1, 0.15) is 17.9 Å². The van der Waals surface area contributed by atoms with E-state index in [1.54, 1.807) is 6.20 Å². The third-order valence-corrected chi connectivity index (χ3v) is 17.1. The highest BCUT2D eigenvalue weighted by Crippen LogP contribution is 2.45. The van der Waals surface area contributed by atoms with Crippen molar-refractivity contribution in [3.8, 4) is 6.01 Å². The van der Waals surface area contributed by atoms with Gasteiger partial charge in [-0.15, -0.1) is 0 Å². The van der Waals surface area contributed by atoms with Crippen molar-refractivity contribution in [2.24, 2.45) is 0 Å². The number of ether oxygens (including phenoxy) is 2. The van der Waals surface area contributed by atoms with Crippen molar-refractivity contribution in [3.05, 3.63) is 77.8 Å². The molecule has 3 atom stereocenters. The number of rotatable bonds is 9. The average Bonchev–Trinajstić information content (AvgIpc) is 3.68. The van der Waals surface area contributed by atoms with Gasteiger partial charge in [-0.25, -0.2) is 9.37 Å². The minimum absolute atomic E-state index is 0.0862. The number of hydrogen-bond acceptors (Lipinski definition) is 8. The van der Waals surface area contributed by atoms with Gasteiger partial charge in [0, 0.05) is 31.7 Å². The van der Waals surface area contributed by atoms with Crippen molar-refractivity contribution in [2.45, 2.75) is 87.9 Å². The van der Waals surface area contributed by atoms with E-state index >= 15 is 4.39 Å². The molecule has 4 aliphatic heterocycles. The van der Waals surface area contributed by atoms with E-state index < -0.39 is 14.1 Å². The summed E-state index contributed by atoms with van der Waals surface area (Å²) in [6.07, 6.45) is 8.73. The van der Waals surface area contributed by atoms with Crippen LogP contribution in [0.1, 0.15) is 65.7 Å². The molecule has 8 nitrogen and oxygen atoms in total. The fraction of sp³-hybridized carbons (Fsp3) is 0.513. The summed E-state index contributed by atoms with van der Waals surface area (Å²) >= 11 is 6.16. The summed E-state index contributed by atoms with van der Waals surface area (Å²) in [6, 6.07) is 22.1. The average molecular weight is 716 g/mol. The van der Waals surface area contributed by atoms with Crippen LogP contribution >= 0.6 is 11.6 Å². The van der Waals surface area contributed by atoms with Crippen LogP contribution in [0.5, 0.6) is 6.01 Å². The molecular weight excluding hydrogens is 669 g/mol. The maximum Gasteiger partial charge on any atom is 0.319 e. The standard InChI is InChI=1S/C39H47ClFN5O3Si/c1-37(2,3)50(29-12-6-4-7-13-29,30-14-8-5-9-15-30)49-25-28-16-19-38(17-10-22-46(28)38)27-47-36-43-33-31(24-42-34(40)32(33)41)35(44-36)45-21-11-18-39(26-45)20-23-48-39/h4-9,12-15,24,28H,10-11,16-23,25-27H2,1-3H3/t28-,38-,39?/m0/s1. The van der Waals surface area contributed by atoms with Gasteiger partial charge in [0.05, 0.1) is 29.7 Å². The summed E-state index contributed by atoms with van der Waals surface area (Å²) in [7, 11) is -2.67. The number of anilines is 1. The molecule has 50 heavy (non-hydrogen) atoms. The van der Waals surface area contributed by atoms with Crippen LogP contribution in [-0.2, 0) is 9.16 Å². The molecule has 4 fully saturated rings. The normalized spacial score (nSPS) is 25.6. The minimum Gasteiger partial charge on any atom is -0.461 e. The number of pyridine rings is 1. The van der Waals surface area contributed by atoms with Crippen molar-refractivity contribution in [1.82, 2.24) is 19.9 Å². The first-order chi connectivity index (χ1) is 24.1. The smallest absolute Gasteiger partial charge is 0.319 e. The van der Waals surface area contributed by atoms with Crippen LogP contribution in [0.2, 0.25) is 10.2 Å². The summed E-state index contributed by atoms with van der Waals surface area (Å²) in [4.78, 5) is 18.4. The van der Waals surface area contributed by atoms with Crippen molar-refractivity contribution >= 4 is 47.0 Å². The number of hydrogen-bond donors (Lipinski definition) is 0. The van der Waals surface area contributed by atoms with Crippen molar-refractivity contribution in [2.75, 3.05) is 44.4 Å². The molecule has 0 aliphatic carbocycles. The van der Waals surface area contributed by atoms with Gasteiger partial charge in [0.15, 0.2) is 11.0 Å². The predicted molar refractivity (Wildman–Crippen MR) is 198 cm³/mol. The third kappa shape index (κ3) is 5.81. The zero-order valence-corrected chi connectivity index (χ0v) is 31.1. The summed E-state index contributed by atoms with van der Waals surface area (Å²) in [6.45, 7) is 11.3.